The zero-order valence-corrected chi connectivity index (χ0v) is 15.6. The van der Waals surface area contributed by atoms with Gasteiger partial charge in [0.25, 0.3) is 0 Å². The third-order valence-corrected chi connectivity index (χ3v) is 4.26. The predicted octanol–water partition coefficient (Wildman–Crippen LogP) is 3.94. The van der Waals surface area contributed by atoms with Gasteiger partial charge in [0.2, 0.25) is 0 Å². The average Bonchev–Trinajstić information content (AvgIpc) is 2.69. The van der Waals surface area contributed by atoms with Gasteiger partial charge in [-0.05, 0) is 60.4 Å². The molecule has 148 valence electrons. The fourth-order valence-electron chi connectivity index (χ4n) is 2.94. The van der Waals surface area contributed by atoms with Crippen molar-refractivity contribution in [3.63, 3.8) is 0 Å². The van der Waals surface area contributed by atoms with E-state index in [-0.39, 0.29) is 29.3 Å². The Bertz CT molecular complexity index is 1110. The standard InChI is InChI=1S/C22H18FNO5/c1-2-29-22(28)18-11-15(5-8-19(25)26)17-10-14(12-24-20(17)21(18)27)9-13-3-6-16(23)7-4-13/h3-8,10-12,27H,2,9H2,1H3,(H,25,26)/b8-5+. The fraction of sp³-hybridized carbons (Fsp3) is 0.136. The molecule has 0 radical (unpaired) electrons. The second-order valence-electron chi connectivity index (χ2n) is 6.30. The monoisotopic (exact) mass is 395 g/mol. The van der Waals surface area contributed by atoms with Crippen molar-refractivity contribution < 1.29 is 28.9 Å². The van der Waals surface area contributed by atoms with Gasteiger partial charge >= 0.3 is 11.9 Å². The molecule has 0 fully saturated rings. The molecule has 29 heavy (non-hydrogen) atoms. The maximum Gasteiger partial charge on any atom is 0.342 e. The summed E-state index contributed by atoms with van der Waals surface area (Å²) in [6.07, 6.45) is 4.28. The fourth-order valence-corrected chi connectivity index (χ4v) is 2.94. The molecule has 3 aromatic rings. The lowest BCUT2D eigenvalue weighted by Gasteiger charge is -2.11. The minimum Gasteiger partial charge on any atom is -0.505 e. The summed E-state index contributed by atoms with van der Waals surface area (Å²) in [5.74, 6) is -2.55. The number of pyridine rings is 1. The number of carbonyl (C=O) groups excluding carboxylic acids is 1. The smallest absolute Gasteiger partial charge is 0.342 e. The second-order valence-corrected chi connectivity index (χ2v) is 6.30. The number of rotatable bonds is 6. The molecule has 0 saturated carbocycles. The van der Waals surface area contributed by atoms with Crippen LogP contribution in [0.5, 0.6) is 5.75 Å². The van der Waals surface area contributed by atoms with Gasteiger partial charge in [-0.15, -0.1) is 0 Å². The SMILES string of the molecule is CCOC(=O)c1cc(/C=C/C(=O)O)c2cc(Cc3ccc(F)cc3)cnc2c1O. The van der Waals surface area contributed by atoms with Crippen LogP contribution in [-0.4, -0.2) is 33.7 Å². The van der Waals surface area contributed by atoms with Gasteiger partial charge < -0.3 is 14.9 Å². The minimum atomic E-state index is -1.15. The molecule has 0 aliphatic heterocycles. The van der Waals surface area contributed by atoms with E-state index in [1.54, 1.807) is 31.3 Å². The summed E-state index contributed by atoms with van der Waals surface area (Å²) >= 11 is 0. The number of carbonyl (C=O) groups is 2. The number of nitrogens with zero attached hydrogens (tertiary/aromatic N) is 1. The highest BCUT2D eigenvalue weighted by molar-refractivity contribution is 6.04. The summed E-state index contributed by atoms with van der Waals surface area (Å²) in [7, 11) is 0. The van der Waals surface area contributed by atoms with E-state index in [4.69, 9.17) is 9.84 Å². The summed E-state index contributed by atoms with van der Waals surface area (Å²) < 4.78 is 18.1. The van der Waals surface area contributed by atoms with Crippen molar-refractivity contribution in [1.82, 2.24) is 4.98 Å². The molecule has 1 aromatic heterocycles. The van der Waals surface area contributed by atoms with Gasteiger partial charge in [0, 0.05) is 17.7 Å². The first kappa shape index (κ1) is 20.0. The topological polar surface area (TPSA) is 96.7 Å². The van der Waals surface area contributed by atoms with Crippen molar-refractivity contribution >= 4 is 28.9 Å². The van der Waals surface area contributed by atoms with Crippen molar-refractivity contribution in [2.24, 2.45) is 0 Å². The molecule has 6 nitrogen and oxygen atoms in total. The summed E-state index contributed by atoms with van der Waals surface area (Å²) in [5.41, 5.74) is 2.10. The first-order chi connectivity index (χ1) is 13.9. The Labute approximate surface area is 165 Å². The van der Waals surface area contributed by atoms with Crippen LogP contribution in [0.3, 0.4) is 0 Å². The molecule has 7 heteroatoms. The zero-order chi connectivity index (χ0) is 21.0. The second kappa shape index (κ2) is 8.52. The number of carboxylic acid groups (broad SMARTS) is 1. The van der Waals surface area contributed by atoms with Gasteiger partial charge in [0.1, 0.15) is 16.9 Å². The average molecular weight is 395 g/mol. The largest absolute Gasteiger partial charge is 0.505 e. The summed E-state index contributed by atoms with van der Waals surface area (Å²) in [6, 6.07) is 9.17. The molecule has 3 rings (SSSR count). The Morgan fingerprint density at radius 2 is 1.90 bits per heavy atom. The van der Waals surface area contributed by atoms with Gasteiger partial charge in [-0.3, -0.25) is 4.98 Å². The van der Waals surface area contributed by atoms with Crippen LogP contribution >= 0.6 is 0 Å². The highest BCUT2D eigenvalue weighted by Gasteiger charge is 2.19. The van der Waals surface area contributed by atoms with Crippen LogP contribution in [0.4, 0.5) is 4.39 Å². The van der Waals surface area contributed by atoms with Crippen molar-refractivity contribution in [1.29, 1.82) is 0 Å². The Kier molecular flexibility index (Phi) is 5.87. The van der Waals surface area contributed by atoms with E-state index in [9.17, 15) is 19.1 Å². The van der Waals surface area contributed by atoms with Crippen LogP contribution in [0.25, 0.3) is 17.0 Å². The molecule has 2 aromatic carbocycles. The number of fused-ring (bicyclic) bond motifs is 1. The number of phenolic OH excluding ortho intramolecular Hbond substituents is 1. The maximum atomic E-state index is 13.1. The molecule has 0 atom stereocenters. The van der Waals surface area contributed by atoms with Crippen LogP contribution in [0.1, 0.15) is 34.0 Å². The number of hydrogen-bond donors (Lipinski definition) is 2. The number of phenols is 1. The van der Waals surface area contributed by atoms with Gasteiger partial charge in [-0.1, -0.05) is 12.1 Å². The molecule has 0 aliphatic carbocycles. The lowest BCUT2D eigenvalue weighted by atomic mass is 9.99. The van der Waals surface area contributed by atoms with Crippen molar-refractivity contribution in [3.05, 3.63) is 76.7 Å². The molecule has 0 saturated heterocycles. The zero-order valence-electron chi connectivity index (χ0n) is 15.6. The molecule has 2 N–H and O–H groups in total. The number of esters is 1. The van der Waals surface area contributed by atoms with E-state index in [1.807, 2.05) is 0 Å². The molecule has 0 amide bonds. The Balaban J connectivity index is 2.12. The van der Waals surface area contributed by atoms with E-state index < -0.39 is 11.9 Å². The van der Waals surface area contributed by atoms with E-state index in [0.29, 0.717) is 17.4 Å². The van der Waals surface area contributed by atoms with Crippen molar-refractivity contribution in [2.45, 2.75) is 13.3 Å². The van der Waals surface area contributed by atoms with Crippen molar-refractivity contribution in [2.75, 3.05) is 6.61 Å². The highest BCUT2D eigenvalue weighted by Crippen LogP contribution is 2.32. The molecule has 0 spiro atoms. The van der Waals surface area contributed by atoms with Gasteiger partial charge in [0.15, 0.2) is 5.75 Å². The Morgan fingerprint density at radius 3 is 2.55 bits per heavy atom. The van der Waals surface area contributed by atoms with Crippen LogP contribution < -0.4 is 0 Å². The lowest BCUT2D eigenvalue weighted by molar-refractivity contribution is -0.131. The Morgan fingerprint density at radius 1 is 1.17 bits per heavy atom. The summed E-state index contributed by atoms with van der Waals surface area (Å²) in [4.78, 5) is 27.4. The number of aromatic nitrogens is 1. The predicted molar refractivity (Wildman–Crippen MR) is 105 cm³/mol. The van der Waals surface area contributed by atoms with E-state index in [1.165, 1.54) is 24.3 Å². The van der Waals surface area contributed by atoms with Crippen LogP contribution in [0, 0.1) is 5.82 Å². The van der Waals surface area contributed by atoms with Crippen LogP contribution in [0.15, 0.2) is 48.7 Å². The minimum absolute atomic E-state index is 0.0943. The van der Waals surface area contributed by atoms with E-state index >= 15 is 0 Å². The summed E-state index contributed by atoms with van der Waals surface area (Å²) in [6.45, 7) is 1.77. The maximum absolute atomic E-state index is 13.1. The number of carboxylic acids is 1. The van der Waals surface area contributed by atoms with Gasteiger partial charge in [0.05, 0.1) is 6.61 Å². The number of aliphatic carboxylic acids is 1. The molecule has 0 aliphatic rings. The number of ether oxygens (including phenoxy) is 1. The number of aromatic hydroxyl groups is 1. The van der Waals surface area contributed by atoms with Gasteiger partial charge in [-0.2, -0.15) is 0 Å². The molecule has 0 bridgehead atoms. The first-order valence-electron chi connectivity index (χ1n) is 8.86. The molecular formula is C22H18FNO5. The normalized spacial score (nSPS) is 11.1. The Hall–Kier alpha value is -3.74. The first-order valence-corrected chi connectivity index (χ1v) is 8.86. The number of benzene rings is 2. The lowest BCUT2D eigenvalue weighted by Crippen LogP contribution is -2.06. The number of hydrogen-bond acceptors (Lipinski definition) is 5. The molecular weight excluding hydrogens is 377 g/mol. The van der Waals surface area contributed by atoms with Crippen LogP contribution in [-0.2, 0) is 16.0 Å². The van der Waals surface area contributed by atoms with Crippen LogP contribution in [0.2, 0.25) is 0 Å². The highest BCUT2D eigenvalue weighted by atomic mass is 19.1. The molecule has 0 unspecified atom stereocenters. The quantitative estimate of drug-likeness (QED) is 0.485. The summed E-state index contributed by atoms with van der Waals surface area (Å²) in [5, 5.41) is 20.0. The van der Waals surface area contributed by atoms with E-state index in [2.05, 4.69) is 4.98 Å². The van der Waals surface area contributed by atoms with Crippen molar-refractivity contribution in [3.8, 4) is 5.75 Å². The third-order valence-electron chi connectivity index (χ3n) is 4.26. The third kappa shape index (κ3) is 4.57. The van der Waals surface area contributed by atoms with Gasteiger partial charge in [-0.25, -0.2) is 14.0 Å². The number of halogens is 1. The molecule has 1 heterocycles. The van der Waals surface area contributed by atoms with E-state index in [0.717, 1.165) is 17.2 Å².